The molecule has 11 rings (SSSR count). The van der Waals surface area contributed by atoms with Crippen LogP contribution in [-0.4, -0.2) is 15.0 Å². The van der Waals surface area contributed by atoms with Gasteiger partial charge in [-0.05, 0) is 150 Å². The number of aromatic nitrogens is 3. The Kier molecular flexibility index (Phi) is 6.93. The first kappa shape index (κ1) is 25.1. The molecule has 1 aliphatic rings. The van der Waals surface area contributed by atoms with Crippen LogP contribution < -0.4 is 0 Å². The molecular weight excluding hydrogens is 798 g/mol. The number of halogens is 1. The number of nitrogens with zero attached hydrogens (tertiary/aromatic N) is 3. The fraction of sp³-hybridized carbons (Fsp3) is 0.150. The largest absolute Gasteiger partial charge is 0.455 e. The SMILES string of the molecule is [2H]c1cc2c(oc3c(-c4ccc(C([2H])([2H])C([2H])([2H])c5cc(C([2H])([2H])C([2H])([2H])c6ccc(-c7ccccc7)nc6)cc(C([2H])([2H])C([2H])([2H])c6ccc(-c7ccc8c(c7)CCC8)nc6)c5)cn4)cccc32)c(-c2c([2H])c([2H])c([2H])c([2H])c2[2H])c1F. The van der Waals surface area contributed by atoms with Crippen LogP contribution in [0.4, 0.5) is 4.39 Å². The monoisotopic (exact) mass is 863 g/mol. The quantitative estimate of drug-likeness (QED) is 0.116. The summed E-state index contributed by atoms with van der Waals surface area (Å²) < 4.78 is 186. The first-order valence-corrected chi connectivity index (χ1v) is 21.0. The van der Waals surface area contributed by atoms with Gasteiger partial charge >= 0.3 is 0 Å². The van der Waals surface area contributed by atoms with Crippen LogP contribution in [0.5, 0.6) is 0 Å². The molecule has 0 spiro atoms. The van der Waals surface area contributed by atoms with E-state index in [1.54, 1.807) is 48.5 Å². The Bertz CT molecular complexity index is 4180. The number of pyridine rings is 3. The molecule has 4 aromatic heterocycles. The molecule has 4 heterocycles. The Morgan fingerprint density at radius 2 is 1.06 bits per heavy atom. The predicted octanol–water partition coefficient (Wildman–Crippen LogP) is 14.4. The molecule has 0 fully saturated rings. The van der Waals surface area contributed by atoms with E-state index in [1.165, 1.54) is 59.9 Å². The van der Waals surface area contributed by atoms with E-state index in [1.807, 2.05) is 24.3 Å². The van der Waals surface area contributed by atoms with Crippen molar-refractivity contribution in [3.63, 3.8) is 0 Å². The molecule has 4 nitrogen and oxygen atoms in total. The van der Waals surface area contributed by atoms with Crippen LogP contribution in [0.2, 0.25) is 0 Å². The van der Waals surface area contributed by atoms with Gasteiger partial charge in [-0.1, -0.05) is 121 Å². The Morgan fingerprint density at radius 1 is 0.477 bits per heavy atom. The maximum Gasteiger partial charge on any atom is 0.146 e. The molecule has 0 saturated carbocycles. The molecule has 0 saturated heterocycles. The summed E-state index contributed by atoms with van der Waals surface area (Å²) in [4.78, 5) is 13.4. The summed E-state index contributed by atoms with van der Waals surface area (Å²) in [6, 6.07) is 27.8. The zero-order valence-corrected chi connectivity index (χ0v) is 34.6. The van der Waals surface area contributed by atoms with E-state index in [9.17, 15) is 16.4 Å². The summed E-state index contributed by atoms with van der Waals surface area (Å²) in [5.41, 5.74) is 1.35. The van der Waals surface area contributed by atoms with Crippen LogP contribution in [-0.2, 0) is 51.1 Å². The van der Waals surface area contributed by atoms with Crippen LogP contribution in [0.3, 0.4) is 0 Å². The number of para-hydroxylation sites is 1. The van der Waals surface area contributed by atoms with Gasteiger partial charge in [-0.25, -0.2) is 4.39 Å². The maximum atomic E-state index is 16.1. The van der Waals surface area contributed by atoms with E-state index < -0.39 is 108 Å². The zero-order chi connectivity index (χ0) is 59.5. The molecular formula is C60H48FN3O. The number of furan rings is 1. The fourth-order valence-corrected chi connectivity index (χ4v) is 8.10. The first-order chi connectivity index (χ1) is 39.1. The highest BCUT2D eigenvalue weighted by atomic mass is 19.1. The van der Waals surface area contributed by atoms with Crippen molar-refractivity contribution in [3.05, 3.63) is 233 Å². The minimum atomic E-state index is -3.24. The van der Waals surface area contributed by atoms with Crippen LogP contribution in [0.25, 0.3) is 66.8 Å². The van der Waals surface area contributed by atoms with Gasteiger partial charge in [-0.3, -0.25) is 15.0 Å². The molecule has 0 N–H and O–H groups in total. The van der Waals surface area contributed by atoms with E-state index in [4.69, 9.17) is 12.6 Å². The number of hydrogen-bond donors (Lipinski definition) is 0. The molecule has 0 atom stereocenters. The summed E-state index contributed by atoms with van der Waals surface area (Å²) in [6.45, 7) is 0. The standard InChI is InChI=1S/C60H48FN3O/c61-54-29-28-52-51-15-8-16-53(59(51)65-60(52)58(54)48-11-5-2-6-12-48)57-32-25-42(39-64-57)19-22-45-34-43(20-17-40-23-30-55(62-37-40)47-9-3-1-4-10-47)33-44(35-45)21-18-41-24-31-56(63-38-41)50-27-26-46-13-7-14-49(46)36-50/h1-6,8-12,15-16,23-39H,7,13-14,17-22H2/i2D,5D,6D,11D,12D,17D2,18D2,19D2,20D2,21D2,22D2,29D. The fourth-order valence-electron chi connectivity index (χ4n) is 8.10. The second-order valence-corrected chi connectivity index (χ2v) is 15.6. The van der Waals surface area contributed by atoms with Crippen LogP contribution in [0.1, 0.15) is 75.6 Å². The van der Waals surface area contributed by atoms with Gasteiger partial charge in [0.1, 0.15) is 17.0 Å². The van der Waals surface area contributed by atoms with Gasteiger partial charge < -0.3 is 4.42 Å². The summed E-state index contributed by atoms with van der Waals surface area (Å²) >= 11 is 0. The average molecular weight is 864 g/mol. The van der Waals surface area contributed by atoms with Crippen molar-refractivity contribution in [1.82, 2.24) is 15.0 Å². The smallest absolute Gasteiger partial charge is 0.146 e. The highest BCUT2D eigenvalue weighted by Crippen LogP contribution is 2.40. The topological polar surface area (TPSA) is 51.8 Å². The summed E-state index contributed by atoms with van der Waals surface area (Å²) in [7, 11) is 0. The number of rotatable bonds is 13. The Balaban J connectivity index is 0.989. The van der Waals surface area contributed by atoms with Gasteiger partial charge in [0.05, 0.1) is 30.9 Å². The third-order valence-corrected chi connectivity index (χ3v) is 11.3. The van der Waals surface area contributed by atoms with Crippen LogP contribution in [0, 0.1) is 5.82 Å². The lowest BCUT2D eigenvalue weighted by molar-refractivity contribution is 0.622. The molecule has 0 bridgehead atoms. The van der Waals surface area contributed by atoms with Crippen molar-refractivity contribution in [2.75, 3.05) is 0 Å². The molecule has 0 amide bonds. The van der Waals surface area contributed by atoms with Crippen molar-refractivity contribution in [2.24, 2.45) is 0 Å². The van der Waals surface area contributed by atoms with Gasteiger partial charge in [0.15, 0.2) is 0 Å². The van der Waals surface area contributed by atoms with Gasteiger partial charge in [0, 0.05) is 62.5 Å². The number of aryl methyl sites for hydroxylation is 8. The number of fused-ring (bicyclic) bond motifs is 4. The highest BCUT2D eigenvalue weighted by molar-refractivity contribution is 6.12. The van der Waals surface area contributed by atoms with Crippen LogP contribution in [0.15, 0.2) is 187 Å². The summed E-state index contributed by atoms with van der Waals surface area (Å²) in [5, 5.41) is 0.496. The maximum absolute atomic E-state index is 16.1. The van der Waals surface area contributed by atoms with Crippen molar-refractivity contribution >= 4 is 21.9 Å². The Morgan fingerprint density at radius 3 is 1.69 bits per heavy atom. The van der Waals surface area contributed by atoms with Gasteiger partial charge in [-0.2, -0.15) is 0 Å². The number of hydrogen-bond acceptors (Lipinski definition) is 4. The molecule has 0 aliphatic heterocycles. The van der Waals surface area contributed by atoms with Gasteiger partial charge in [-0.15, -0.1) is 0 Å². The lowest BCUT2D eigenvalue weighted by Gasteiger charge is -2.12. The van der Waals surface area contributed by atoms with Crippen LogP contribution >= 0.6 is 0 Å². The van der Waals surface area contributed by atoms with E-state index in [2.05, 4.69) is 15.0 Å². The van der Waals surface area contributed by atoms with Crippen molar-refractivity contribution < 1.29 is 33.5 Å². The van der Waals surface area contributed by atoms with Crippen molar-refractivity contribution in [1.29, 1.82) is 0 Å². The van der Waals surface area contributed by atoms with E-state index >= 15 is 4.39 Å². The van der Waals surface area contributed by atoms with E-state index in [-0.39, 0.29) is 44.5 Å². The Labute approximate surface area is 404 Å². The minimum absolute atomic E-state index is 0.0704. The first-order valence-electron chi connectivity index (χ1n) is 30.0. The third kappa shape index (κ3) is 8.62. The molecule has 5 heteroatoms. The average Bonchev–Trinajstić information content (AvgIpc) is 2.78. The van der Waals surface area contributed by atoms with Crippen molar-refractivity contribution in [2.45, 2.75) is 57.5 Å². The van der Waals surface area contributed by atoms with Gasteiger partial charge in [0.2, 0.25) is 0 Å². The zero-order valence-electron chi connectivity index (χ0n) is 52.6. The third-order valence-electron chi connectivity index (χ3n) is 11.3. The number of benzene rings is 6. The molecule has 10 aromatic rings. The summed E-state index contributed by atoms with van der Waals surface area (Å²) in [6.07, 6.45) is -12.3. The Hall–Kier alpha value is -7.50. The van der Waals surface area contributed by atoms with Gasteiger partial charge in [0.25, 0.3) is 0 Å². The summed E-state index contributed by atoms with van der Waals surface area (Å²) in [5.74, 6) is -1.20. The lowest BCUT2D eigenvalue weighted by Crippen LogP contribution is -2.01. The normalized spacial score (nSPS) is 17.6. The predicted molar refractivity (Wildman–Crippen MR) is 262 cm³/mol. The van der Waals surface area contributed by atoms with E-state index in [0.29, 0.717) is 22.3 Å². The lowest BCUT2D eigenvalue weighted by atomic mass is 9.94. The molecule has 6 aromatic carbocycles. The molecule has 316 valence electrons. The molecule has 0 unspecified atom stereocenters. The molecule has 65 heavy (non-hydrogen) atoms. The van der Waals surface area contributed by atoms with E-state index in [0.717, 1.165) is 49.2 Å². The minimum Gasteiger partial charge on any atom is -0.455 e. The van der Waals surface area contributed by atoms with Crippen molar-refractivity contribution in [3.8, 4) is 44.9 Å². The molecule has 1 aliphatic carbocycles. The second-order valence-electron chi connectivity index (χ2n) is 15.6. The highest BCUT2D eigenvalue weighted by Gasteiger charge is 2.19. The second kappa shape index (κ2) is 17.9. The molecule has 0 radical (unpaired) electrons.